The molecule has 0 fully saturated rings. The van der Waals surface area contributed by atoms with Gasteiger partial charge in [-0.25, -0.2) is 0 Å². The maximum atomic E-state index is 5.97. The van der Waals surface area contributed by atoms with E-state index in [4.69, 9.17) is 11.6 Å². The van der Waals surface area contributed by atoms with Crippen LogP contribution in [0.1, 0.15) is 11.1 Å². The third-order valence-corrected chi connectivity index (χ3v) is 3.72. The van der Waals surface area contributed by atoms with Crippen molar-refractivity contribution in [2.75, 3.05) is 5.32 Å². The molecule has 0 unspecified atom stereocenters. The minimum Gasteiger partial charge on any atom is -0.381 e. The number of H-pyrrole nitrogens is 1. The second-order valence-corrected chi connectivity index (χ2v) is 5.41. The Labute approximate surface area is 129 Å². The zero-order valence-corrected chi connectivity index (χ0v) is 12.5. The largest absolute Gasteiger partial charge is 0.381 e. The van der Waals surface area contributed by atoms with Gasteiger partial charge in [-0.3, -0.25) is 5.10 Å². The maximum Gasteiger partial charge on any atom is 0.0650 e. The molecule has 1 aromatic heterocycles. The van der Waals surface area contributed by atoms with E-state index in [2.05, 4.69) is 52.8 Å². The van der Waals surface area contributed by atoms with E-state index < -0.39 is 0 Å². The standard InChI is InChI=1S/C17H16ClN3/c1-12-10-15(18)5-2-14(12)11-19-16-6-3-13(4-7-16)17-8-9-20-21-17/h2-10,19H,11H2,1H3,(H,20,21). The summed E-state index contributed by atoms with van der Waals surface area (Å²) in [6, 6.07) is 16.2. The van der Waals surface area contributed by atoms with Gasteiger partial charge in [0.25, 0.3) is 0 Å². The van der Waals surface area contributed by atoms with E-state index in [1.165, 1.54) is 11.1 Å². The van der Waals surface area contributed by atoms with Crippen molar-refractivity contribution in [3.8, 4) is 11.3 Å². The van der Waals surface area contributed by atoms with Gasteiger partial charge in [0, 0.05) is 23.5 Å². The third kappa shape index (κ3) is 3.26. The molecule has 0 radical (unpaired) electrons. The summed E-state index contributed by atoms with van der Waals surface area (Å²) < 4.78 is 0. The molecule has 0 aliphatic carbocycles. The molecule has 3 aromatic rings. The zero-order valence-electron chi connectivity index (χ0n) is 11.7. The lowest BCUT2D eigenvalue weighted by molar-refractivity contribution is 1.09. The van der Waals surface area contributed by atoms with Gasteiger partial charge in [0.2, 0.25) is 0 Å². The van der Waals surface area contributed by atoms with Crippen LogP contribution in [0.4, 0.5) is 5.69 Å². The predicted molar refractivity (Wildman–Crippen MR) is 87.5 cm³/mol. The average molecular weight is 298 g/mol. The normalized spacial score (nSPS) is 10.6. The van der Waals surface area contributed by atoms with Crippen LogP contribution < -0.4 is 5.32 Å². The minimum absolute atomic E-state index is 0.778. The maximum absolute atomic E-state index is 5.97. The molecule has 2 aromatic carbocycles. The summed E-state index contributed by atoms with van der Waals surface area (Å²) in [5, 5.41) is 11.1. The number of aromatic amines is 1. The van der Waals surface area contributed by atoms with Crippen molar-refractivity contribution in [1.29, 1.82) is 0 Å². The molecule has 1 heterocycles. The number of aromatic nitrogens is 2. The number of halogens is 1. The van der Waals surface area contributed by atoms with Crippen molar-refractivity contribution in [1.82, 2.24) is 10.2 Å². The highest BCUT2D eigenvalue weighted by Gasteiger charge is 2.01. The number of anilines is 1. The number of aryl methyl sites for hydroxylation is 1. The zero-order chi connectivity index (χ0) is 14.7. The van der Waals surface area contributed by atoms with Crippen molar-refractivity contribution < 1.29 is 0 Å². The van der Waals surface area contributed by atoms with Crippen molar-refractivity contribution in [2.45, 2.75) is 13.5 Å². The molecule has 0 aliphatic rings. The molecule has 0 saturated heterocycles. The molecule has 3 nitrogen and oxygen atoms in total. The molecule has 2 N–H and O–H groups in total. The van der Waals surface area contributed by atoms with Gasteiger partial charge in [-0.15, -0.1) is 0 Å². The van der Waals surface area contributed by atoms with E-state index in [0.29, 0.717) is 0 Å². The first-order valence-corrected chi connectivity index (χ1v) is 7.19. The Kier molecular flexibility index (Phi) is 3.93. The first kappa shape index (κ1) is 13.7. The number of nitrogens with one attached hydrogen (secondary N) is 2. The quantitative estimate of drug-likeness (QED) is 0.736. The molecule has 0 bridgehead atoms. The summed E-state index contributed by atoms with van der Waals surface area (Å²) in [5.41, 5.74) is 5.68. The predicted octanol–water partition coefficient (Wildman–Crippen LogP) is 4.65. The molecule has 0 saturated carbocycles. The Morgan fingerprint density at radius 2 is 1.90 bits per heavy atom. The minimum atomic E-state index is 0.778. The molecule has 3 rings (SSSR count). The Balaban J connectivity index is 1.68. The summed E-state index contributed by atoms with van der Waals surface area (Å²) in [4.78, 5) is 0. The lowest BCUT2D eigenvalue weighted by Gasteiger charge is -2.10. The van der Waals surface area contributed by atoms with Gasteiger partial charge in [-0.2, -0.15) is 5.10 Å². The summed E-state index contributed by atoms with van der Waals surface area (Å²) in [6.07, 6.45) is 1.75. The number of benzene rings is 2. The van der Waals surface area contributed by atoms with E-state index in [-0.39, 0.29) is 0 Å². The fraction of sp³-hybridized carbons (Fsp3) is 0.118. The Hall–Kier alpha value is -2.26. The van der Waals surface area contributed by atoms with Crippen LogP contribution in [0.5, 0.6) is 0 Å². The highest BCUT2D eigenvalue weighted by molar-refractivity contribution is 6.30. The fourth-order valence-corrected chi connectivity index (χ4v) is 2.47. The lowest BCUT2D eigenvalue weighted by atomic mass is 10.1. The monoisotopic (exact) mass is 297 g/mol. The van der Waals surface area contributed by atoms with Crippen LogP contribution in [-0.4, -0.2) is 10.2 Å². The molecular weight excluding hydrogens is 282 g/mol. The first-order chi connectivity index (χ1) is 10.2. The molecule has 106 valence electrons. The van der Waals surface area contributed by atoms with Crippen molar-refractivity contribution >= 4 is 17.3 Å². The van der Waals surface area contributed by atoms with Gasteiger partial charge in [-0.1, -0.05) is 29.8 Å². The molecule has 0 amide bonds. The fourth-order valence-electron chi connectivity index (χ4n) is 2.24. The van der Waals surface area contributed by atoms with Crippen LogP contribution in [0.15, 0.2) is 54.7 Å². The van der Waals surface area contributed by atoms with Gasteiger partial charge in [0.05, 0.1) is 5.69 Å². The van der Waals surface area contributed by atoms with E-state index >= 15 is 0 Å². The van der Waals surface area contributed by atoms with Gasteiger partial charge in [0.1, 0.15) is 0 Å². The van der Waals surface area contributed by atoms with Crippen molar-refractivity contribution in [3.05, 3.63) is 70.9 Å². The second kappa shape index (κ2) is 6.02. The summed E-state index contributed by atoms with van der Waals surface area (Å²) in [7, 11) is 0. The molecule has 21 heavy (non-hydrogen) atoms. The Morgan fingerprint density at radius 3 is 2.57 bits per heavy atom. The molecular formula is C17H16ClN3. The van der Waals surface area contributed by atoms with Crippen LogP contribution >= 0.6 is 11.6 Å². The van der Waals surface area contributed by atoms with Gasteiger partial charge >= 0.3 is 0 Å². The third-order valence-electron chi connectivity index (χ3n) is 3.48. The van der Waals surface area contributed by atoms with E-state index in [9.17, 15) is 0 Å². The van der Waals surface area contributed by atoms with Crippen LogP contribution in [0.2, 0.25) is 5.02 Å². The topological polar surface area (TPSA) is 40.7 Å². The summed E-state index contributed by atoms with van der Waals surface area (Å²) >= 11 is 5.97. The van der Waals surface area contributed by atoms with Gasteiger partial charge in [0.15, 0.2) is 0 Å². The van der Waals surface area contributed by atoms with E-state index in [1.807, 2.05) is 18.2 Å². The van der Waals surface area contributed by atoms with E-state index in [0.717, 1.165) is 28.5 Å². The molecule has 0 spiro atoms. The average Bonchev–Trinajstić information content (AvgIpc) is 3.01. The van der Waals surface area contributed by atoms with Gasteiger partial charge in [-0.05, 0) is 53.9 Å². The number of hydrogen-bond donors (Lipinski definition) is 2. The molecule has 4 heteroatoms. The lowest BCUT2D eigenvalue weighted by Crippen LogP contribution is -2.01. The molecule has 0 aliphatic heterocycles. The Morgan fingerprint density at radius 1 is 1.10 bits per heavy atom. The Bertz CT molecular complexity index is 718. The number of nitrogens with zero attached hydrogens (tertiary/aromatic N) is 1. The SMILES string of the molecule is Cc1cc(Cl)ccc1CNc1ccc(-c2ccn[nH]2)cc1. The summed E-state index contributed by atoms with van der Waals surface area (Å²) in [6.45, 7) is 2.86. The summed E-state index contributed by atoms with van der Waals surface area (Å²) in [5.74, 6) is 0. The van der Waals surface area contributed by atoms with Crippen molar-refractivity contribution in [2.24, 2.45) is 0 Å². The number of rotatable bonds is 4. The van der Waals surface area contributed by atoms with Crippen LogP contribution in [0.25, 0.3) is 11.3 Å². The van der Waals surface area contributed by atoms with Crippen LogP contribution in [0, 0.1) is 6.92 Å². The van der Waals surface area contributed by atoms with Crippen LogP contribution in [-0.2, 0) is 6.54 Å². The smallest absolute Gasteiger partial charge is 0.0650 e. The number of hydrogen-bond acceptors (Lipinski definition) is 2. The first-order valence-electron chi connectivity index (χ1n) is 6.81. The second-order valence-electron chi connectivity index (χ2n) is 4.97. The van der Waals surface area contributed by atoms with Crippen LogP contribution in [0.3, 0.4) is 0 Å². The highest BCUT2D eigenvalue weighted by Crippen LogP contribution is 2.20. The van der Waals surface area contributed by atoms with E-state index in [1.54, 1.807) is 6.20 Å². The van der Waals surface area contributed by atoms with Gasteiger partial charge < -0.3 is 5.32 Å². The highest BCUT2D eigenvalue weighted by atomic mass is 35.5. The van der Waals surface area contributed by atoms with Crippen molar-refractivity contribution in [3.63, 3.8) is 0 Å². The molecule has 0 atom stereocenters.